The van der Waals surface area contributed by atoms with Gasteiger partial charge in [0.2, 0.25) is 0 Å². The summed E-state index contributed by atoms with van der Waals surface area (Å²) in [4.78, 5) is 19.6. The third-order valence-corrected chi connectivity index (χ3v) is 4.05. The monoisotopic (exact) mass is 328 g/mol. The van der Waals surface area contributed by atoms with Crippen molar-refractivity contribution >= 4 is 27.8 Å². The average Bonchev–Trinajstić information content (AvgIpc) is 2.95. The smallest absolute Gasteiger partial charge is 0.338 e. The van der Waals surface area contributed by atoms with Crippen molar-refractivity contribution in [2.45, 2.75) is 12.4 Å². The molecule has 0 aliphatic heterocycles. The molecular weight excluding hydrogens is 312 g/mol. The first kappa shape index (κ1) is 15.4. The minimum Gasteiger partial charge on any atom is -0.454 e. The van der Waals surface area contributed by atoms with Gasteiger partial charge in [0, 0.05) is 22.8 Å². The number of hydrogen-bond acceptors (Lipinski definition) is 4. The molecule has 2 aromatic carbocycles. The number of benzene rings is 2. The normalized spacial score (nSPS) is 12.2. The first-order valence-corrected chi connectivity index (χ1v) is 8.84. The van der Waals surface area contributed by atoms with Crippen LogP contribution in [-0.2, 0) is 27.9 Å². The van der Waals surface area contributed by atoms with Crippen molar-refractivity contribution in [2.24, 2.45) is 0 Å². The van der Waals surface area contributed by atoms with Gasteiger partial charge in [-0.3, -0.25) is 4.21 Å². The van der Waals surface area contributed by atoms with Gasteiger partial charge < -0.3 is 9.72 Å². The zero-order valence-electron chi connectivity index (χ0n) is 12.6. The molecule has 1 aromatic heterocycles. The molecule has 23 heavy (non-hydrogen) atoms. The van der Waals surface area contributed by atoms with Crippen LogP contribution < -0.4 is 0 Å². The SMILES string of the molecule is CS(=O)Cc1cccc(C(=O)OCc2nc3ccccc3[nH]2)c1. The average molecular weight is 328 g/mol. The van der Waals surface area contributed by atoms with Gasteiger partial charge in [0.25, 0.3) is 0 Å². The minimum absolute atomic E-state index is 0.0808. The zero-order valence-corrected chi connectivity index (χ0v) is 13.4. The molecule has 1 atom stereocenters. The summed E-state index contributed by atoms with van der Waals surface area (Å²) < 4.78 is 16.6. The maximum Gasteiger partial charge on any atom is 0.338 e. The number of carbonyl (C=O) groups is 1. The number of ether oxygens (including phenoxy) is 1. The highest BCUT2D eigenvalue weighted by Gasteiger charge is 2.10. The lowest BCUT2D eigenvalue weighted by atomic mass is 10.1. The van der Waals surface area contributed by atoms with Gasteiger partial charge >= 0.3 is 5.97 Å². The molecule has 1 N–H and O–H groups in total. The van der Waals surface area contributed by atoms with E-state index in [4.69, 9.17) is 4.74 Å². The number of esters is 1. The van der Waals surface area contributed by atoms with E-state index in [9.17, 15) is 9.00 Å². The number of rotatable bonds is 5. The topological polar surface area (TPSA) is 72.1 Å². The second-order valence-electron chi connectivity index (χ2n) is 5.19. The summed E-state index contributed by atoms with van der Waals surface area (Å²) in [6.07, 6.45) is 1.63. The minimum atomic E-state index is -0.948. The Balaban J connectivity index is 1.68. The van der Waals surface area contributed by atoms with Crippen LogP contribution in [0, 0.1) is 0 Å². The standard InChI is InChI=1S/C17H16N2O3S/c1-23(21)11-12-5-4-6-13(9-12)17(20)22-10-16-18-14-7-2-3-8-15(14)19-16/h2-9H,10-11H2,1H3,(H,18,19). The summed E-state index contributed by atoms with van der Waals surface area (Å²) in [5, 5.41) is 0. The Labute approximate surface area is 136 Å². The van der Waals surface area contributed by atoms with E-state index < -0.39 is 16.8 Å². The van der Waals surface area contributed by atoms with E-state index in [1.807, 2.05) is 30.3 Å². The summed E-state index contributed by atoms with van der Waals surface area (Å²) in [5.41, 5.74) is 3.05. The Morgan fingerprint density at radius 1 is 1.22 bits per heavy atom. The lowest BCUT2D eigenvalue weighted by molar-refractivity contribution is 0.0463. The van der Waals surface area contributed by atoms with Crippen LogP contribution in [0.2, 0.25) is 0 Å². The van der Waals surface area contributed by atoms with E-state index in [0.717, 1.165) is 16.6 Å². The molecule has 0 saturated heterocycles. The number of aromatic amines is 1. The Kier molecular flexibility index (Phi) is 4.52. The number of nitrogens with zero attached hydrogens (tertiary/aromatic N) is 1. The second kappa shape index (κ2) is 6.75. The van der Waals surface area contributed by atoms with E-state index in [1.54, 1.807) is 24.5 Å². The van der Waals surface area contributed by atoms with Gasteiger partial charge in [-0.1, -0.05) is 24.3 Å². The Morgan fingerprint density at radius 2 is 2.04 bits per heavy atom. The lowest BCUT2D eigenvalue weighted by Gasteiger charge is -2.05. The highest BCUT2D eigenvalue weighted by molar-refractivity contribution is 7.83. The number of carbonyl (C=O) groups excluding carboxylic acids is 1. The lowest BCUT2D eigenvalue weighted by Crippen LogP contribution is -2.07. The molecule has 0 saturated carbocycles. The number of nitrogens with one attached hydrogen (secondary N) is 1. The first-order valence-electron chi connectivity index (χ1n) is 7.11. The third kappa shape index (κ3) is 3.84. The van der Waals surface area contributed by atoms with Gasteiger partial charge in [0.1, 0.15) is 12.4 Å². The molecule has 0 aliphatic rings. The molecule has 0 bridgehead atoms. The van der Waals surface area contributed by atoms with Crippen molar-refractivity contribution < 1.29 is 13.7 Å². The maximum absolute atomic E-state index is 12.1. The molecule has 0 aliphatic carbocycles. The first-order chi connectivity index (χ1) is 11.1. The van der Waals surface area contributed by atoms with Gasteiger partial charge in [-0.15, -0.1) is 0 Å². The number of imidazole rings is 1. The summed E-state index contributed by atoms with van der Waals surface area (Å²) in [7, 11) is -0.948. The van der Waals surface area contributed by atoms with Crippen molar-refractivity contribution in [2.75, 3.05) is 6.26 Å². The van der Waals surface area contributed by atoms with Crippen LogP contribution in [0.3, 0.4) is 0 Å². The van der Waals surface area contributed by atoms with Crippen molar-refractivity contribution in [1.29, 1.82) is 0 Å². The molecule has 3 rings (SSSR count). The van der Waals surface area contributed by atoms with Crippen molar-refractivity contribution in [3.63, 3.8) is 0 Å². The van der Waals surface area contributed by atoms with Gasteiger partial charge in [-0.25, -0.2) is 9.78 Å². The van der Waals surface area contributed by atoms with Crippen molar-refractivity contribution in [3.8, 4) is 0 Å². The van der Waals surface area contributed by atoms with Gasteiger partial charge in [0.05, 0.1) is 16.6 Å². The van der Waals surface area contributed by atoms with Crippen LogP contribution >= 0.6 is 0 Å². The van der Waals surface area contributed by atoms with Gasteiger partial charge in [0.15, 0.2) is 0 Å². The number of para-hydroxylation sites is 2. The Morgan fingerprint density at radius 3 is 2.83 bits per heavy atom. The third-order valence-electron chi connectivity index (χ3n) is 3.31. The molecule has 118 valence electrons. The fourth-order valence-electron chi connectivity index (χ4n) is 2.31. The van der Waals surface area contributed by atoms with Gasteiger partial charge in [-0.05, 0) is 29.8 Å². The second-order valence-corrected chi connectivity index (χ2v) is 6.63. The summed E-state index contributed by atoms with van der Waals surface area (Å²) >= 11 is 0. The predicted molar refractivity (Wildman–Crippen MR) is 89.4 cm³/mol. The molecule has 3 aromatic rings. The van der Waals surface area contributed by atoms with Crippen LogP contribution in [0.4, 0.5) is 0 Å². The molecule has 0 fully saturated rings. The van der Waals surface area contributed by atoms with Crippen LogP contribution in [0.15, 0.2) is 48.5 Å². The zero-order chi connectivity index (χ0) is 16.2. The number of fused-ring (bicyclic) bond motifs is 1. The van der Waals surface area contributed by atoms with E-state index >= 15 is 0 Å². The molecule has 0 amide bonds. The largest absolute Gasteiger partial charge is 0.454 e. The van der Waals surface area contributed by atoms with Crippen LogP contribution in [-0.4, -0.2) is 26.4 Å². The van der Waals surface area contributed by atoms with Crippen LogP contribution in [0.25, 0.3) is 11.0 Å². The molecule has 0 spiro atoms. The van der Waals surface area contributed by atoms with E-state index in [0.29, 0.717) is 17.1 Å². The number of hydrogen-bond donors (Lipinski definition) is 1. The fraction of sp³-hybridized carbons (Fsp3) is 0.176. The van der Waals surface area contributed by atoms with E-state index in [1.165, 1.54) is 0 Å². The van der Waals surface area contributed by atoms with Gasteiger partial charge in [-0.2, -0.15) is 0 Å². The molecule has 1 unspecified atom stereocenters. The van der Waals surface area contributed by atoms with E-state index in [-0.39, 0.29) is 6.61 Å². The summed E-state index contributed by atoms with van der Waals surface area (Å²) in [6.45, 7) is 0.0808. The molecule has 0 radical (unpaired) electrons. The quantitative estimate of drug-likeness (QED) is 0.731. The van der Waals surface area contributed by atoms with Crippen molar-refractivity contribution in [1.82, 2.24) is 9.97 Å². The molecule has 6 heteroatoms. The highest BCUT2D eigenvalue weighted by atomic mass is 32.2. The molecule has 5 nitrogen and oxygen atoms in total. The van der Waals surface area contributed by atoms with Crippen molar-refractivity contribution in [3.05, 3.63) is 65.5 Å². The number of H-pyrrole nitrogens is 1. The van der Waals surface area contributed by atoms with Crippen LogP contribution in [0.5, 0.6) is 0 Å². The highest BCUT2D eigenvalue weighted by Crippen LogP contribution is 2.13. The molecule has 1 heterocycles. The summed E-state index contributed by atoms with van der Waals surface area (Å²) in [6, 6.07) is 14.6. The van der Waals surface area contributed by atoms with E-state index in [2.05, 4.69) is 9.97 Å². The van der Waals surface area contributed by atoms with Crippen LogP contribution in [0.1, 0.15) is 21.7 Å². The predicted octanol–water partition coefficient (Wildman–Crippen LogP) is 2.80. The molecular formula is C17H16N2O3S. The summed E-state index contributed by atoms with van der Waals surface area (Å²) in [5.74, 6) is 0.601. The fourth-order valence-corrected chi connectivity index (χ4v) is 2.96. The Hall–Kier alpha value is -2.47. The maximum atomic E-state index is 12.1. The Bertz CT molecular complexity index is 840. The number of aromatic nitrogens is 2.